The van der Waals surface area contributed by atoms with Gasteiger partial charge >= 0.3 is 0 Å². The Labute approximate surface area is 357 Å². The number of nitrogens with zero attached hydrogens (tertiary/aromatic N) is 2. The number of aliphatic hydroxyl groups is 1. The molecule has 4 aliphatic heterocycles. The van der Waals surface area contributed by atoms with Crippen molar-refractivity contribution < 1.29 is 29.0 Å². The van der Waals surface area contributed by atoms with Crippen molar-refractivity contribution in [3.63, 3.8) is 0 Å². The average molecular weight is 833 g/mol. The number of amides is 3. The summed E-state index contributed by atoms with van der Waals surface area (Å²) in [4.78, 5) is 47.5. The molecule has 11 heteroatoms. The molecular weight excluding hydrogens is 769 g/mol. The zero-order valence-electron chi connectivity index (χ0n) is 36.6. The summed E-state index contributed by atoms with van der Waals surface area (Å²) in [7, 11) is -0.904. The molecular formula is C49H64N4O6Si. The molecule has 0 radical (unpaired) electrons. The van der Waals surface area contributed by atoms with Crippen molar-refractivity contribution in [1.29, 1.82) is 0 Å². The van der Waals surface area contributed by atoms with Gasteiger partial charge in [0.05, 0.1) is 52.0 Å². The fourth-order valence-electron chi connectivity index (χ4n) is 10.4. The fraction of sp³-hybridized carbons (Fsp3) is 0.490. The Bertz CT molecular complexity index is 2120. The van der Waals surface area contributed by atoms with E-state index in [0.717, 1.165) is 60.4 Å². The van der Waals surface area contributed by atoms with E-state index in [-0.39, 0.29) is 54.2 Å². The van der Waals surface area contributed by atoms with Crippen LogP contribution in [-0.2, 0) is 37.7 Å². The van der Waals surface area contributed by atoms with Gasteiger partial charge in [0.2, 0.25) is 11.8 Å². The van der Waals surface area contributed by atoms with Gasteiger partial charge in [-0.15, -0.1) is 0 Å². The highest BCUT2D eigenvalue weighted by molar-refractivity contribution is 6.91. The number of allylic oxidation sites excluding steroid dienone is 3. The topological polar surface area (TPSA) is 120 Å². The number of hydrogen-bond donors (Lipinski definition) is 3. The largest absolute Gasteiger partial charge is 0.497 e. The van der Waals surface area contributed by atoms with Crippen LogP contribution in [0.5, 0.6) is 5.75 Å². The summed E-state index contributed by atoms with van der Waals surface area (Å²) in [6.45, 7) is 15.3. The molecule has 6 atom stereocenters. The molecule has 1 unspecified atom stereocenters. The molecule has 60 heavy (non-hydrogen) atoms. The maximum Gasteiger partial charge on any atom is 0.264 e. The van der Waals surface area contributed by atoms with Crippen LogP contribution in [0.4, 0.5) is 11.4 Å². The fourth-order valence-corrected chi connectivity index (χ4v) is 14.4. The Hall–Kier alpha value is -4.55. The molecule has 3 aromatic rings. The van der Waals surface area contributed by atoms with E-state index in [1.807, 2.05) is 52.3 Å². The van der Waals surface area contributed by atoms with Crippen LogP contribution in [0.1, 0.15) is 76.5 Å². The lowest BCUT2D eigenvalue weighted by Gasteiger charge is -2.39. The Morgan fingerprint density at radius 1 is 1.05 bits per heavy atom. The van der Waals surface area contributed by atoms with Crippen LogP contribution in [0.25, 0.3) is 0 Å². The van der Waals surface area contributed by atoms with Crippen LogP contribution < -0.4 is 25.5 Å². The molecule has 320 valence electrons. The summed E-state index contributed by atoms with van der Waals surface area (Å²) < 4.78 is 12.9. The van der Waals surface area contributed by atoms with Crippen LogP contribution in [0.3, 0.4) is 0 Å². The summed E-state index contributed by atoms with van der Waals surface area (Å²) in [5, 5.41) is 18.3. The van der Waals surface area contributed by atoms with Gasteiger partial charge in [0, 0.05) is 36.8 Å². The number of ether oxygens (including phenoxy) is 2. The zero-order valence-corrected chi connectivity index (χ0v) is 37.6. The van der Waals surface area contributed by atoms with Crippen molar-refractivity contribution in [3.8, 4) is 5.75 Å². The van der Waals surface area contributed by atoms with Gasteiger partial charge in [-0.25, -0.2) is 0 Å². The lowest BCUT2D eigenvalue weighted by atomic mass is 9.82. The molecule has 7 rings (SSSR count). The van der Waals surface area contributed by atoms with E-state index in [9.17, 15) is 14.7 Å². The van der Waals surface area contributed by atoms with E-state index >= 15 is 4.79 Å². The lowest BCUT2D eigenvalue weighted by molar-refractivity contribution is -0.150. The molecule has 0 saturated carbocycles. The lowest BCUT2D eigenvalue weighted by Crippen LogP contribution is -2.52. The van der Waals surface area contributed by atoms with E-state index < -0.39 is 19.8 Å². The summed E-state index contributed by atoms with van der Waals surface area (Å²) in [6, 6.07) is 21.8. The number of hydrogen-bond acceptors (Lipinski definition) is 7. The van der Waals surface area contributed by atoms with Crippen LogP contribution in [0.2, 0.25) is 18.6 Å². The summed E-state index contributed by atoms with van der Waals surface area (Å²) in [6.07, 6.45) is 8.01. The molecule has 4 heterocycles. The van der Waals surface area contributed by atoms with Gasteiger partial charge in [0.25, 0.3) is 5.91 Å². The smallest absolute Gasteiger partial charge is 0.264 e. The molecule has 4 aliphatic rings. The number of aliphatic hydroxyl groups excluding tert-OH is 1. The van der Waals surface area contributed by atoms with Crippen molar-refractivity contribution in [3.05, 3.63) is 107 Å². The van der Waals surface area contributed by atoms with Crippen molar-refractivity contribution >= 4 is 42.4 Å². The van der Waals surface area contributed by atoms with E-state index in [1.165, 1.54) is 16.3 Å². The first-order valence-corrected chi connectivity index (χ1v) is 24.9. The van der Waals surface area contributed by atoms with Gasteiger partial charge in [-0.2, -0.15) is 0 Å². The monoisotopic (exact) mass is 832 g/mol. The number of anilines is 2. The van der Waals surface area contributed by atoms with Gasteiger partial charge in [-0.1, -0.05) is 84.9 Å². The third-order valence-electron chi connectivity index (χ3n) is 13.7. The number of methoxy groups -OCH3 is 1. The van der Waals surface area contributed by atoms with Gasteiger partial charge in [0.1, 0.15) is 5.75 Å². The minimum atomic E-state index is -2.56. The molecule has 2 fully saturated rings. The Kier molecular flexibility index (Phi) is 13.2. The molecule has 3 amide bonds. The molecule has 0 aromatic heterocycles. The van der Waals surface area contributed by atoms with E-state index in [2.05, 4.69) is 87.8 Å². The predicted octanol–water partition coefficient (Wildman–Crippen LogP) is 7.22. The minimum Gasteiger partial charge on any atom is -0.497 e. The van der Waals surface area contributed by atoms with Crippen molar-refractivity contribution in [2.24, 2.45) is 11.8 Å². The van der Waals surface area contributed by atoms with Gasteiger partial charge in [-0.3, -0.25) is 14.4 Å². The summed E-state index contributed by atoms with van der Waals surface area (Å²) in [5.41, 5.74) is 5.27. The highest BCUT2D eigenvalue weighted by Gasteiger charge is 2.66. The quantitative estimate of drug-likeness (QED) is 0.123. The van der Waals surface area contributed by atoms with Crippen LogP contribution in [-0.4, -0.2) is 81.3 Å². The van der Waals surface area contributed by atoms with Gasteiger partial charge in [-0.05, 0) is 106 Å². The first-order chi connectivity index (χ1) is 28.8. The highest BCUT2D eigenvalue weighted by atomic mass is 28.3. The summed E-state index contributed by atoms with van der Waals surface area (Å²) >= 11 is 0. The number of piperidine rings is 1. The first kappa shape index (κ1) is 43.5. The number of rotatable bonds is 13. The number of nitrogens with one attached hydrogen (secondary N) is 2. The predicted molar refractivity (Wildman–Crippen MR) is 241 cm³/mol. The molecule has 2 saturated heterocycles. The maximum atomic E-state index is 15.5. The Morgan fingerprint density at radius 2 is 1.80 bits per heavy atom. The third-order valence-corrected chi connectivity index (χ3v) is 18.1. The number of carbonyl (C=O) groups excluding carboxylic acids is 3. The Morgan fingerprint density at radius 3 is 2.48 bits per heavy atom. The molecule has 10 nitrogen and oxygen atoms in total. The van der Waals surface area contributed by atoms with Crippen molar-refractivity contribution in [2.45, 2.75) is 109 Å². The van der Waals surface area contributed by atoms with Crippen LogP contribution >= 0.6 is 0 Å². The summed E-state index contributed by atoms with van der Waals surface area (Å²) in [5.74, 6) is 0.0210. The minimum absolute atomic E-state index is 0.0383. The second kappa shape index (κ2) is 18.2. The molecule has 1 spiro atoms. The molecule has 0 bridgehead atoms. The normalized spacial score (nSPS) is 25.2. The number of fused-ring (bicyclic) bond motifs is 3. The van der Waals surface area contributed by atoms with Crippen molar-refractivity contribution in [2.75, 3.05) is 43.6 Å². The van der Waals surface area contributed by atoms with E-state index in [4.69, 9.17) is 9.47 Å². The average Bonchev–Trinajstić information content (AvgIpc) is 3.67. The molecule has 3 aromatic carbocycles. The second-order valence-electron chi connectivity index (χ2n) is 18.2. The number of benzene rings is 3. The third kappa shape index (κ3) is 8.51. The highest BCUT2D eigenvalue weighted by Crippen LogP contribution is 2.60. The van der Waals surface area contributed by atoms with E-state index in [1.54, 1.807) is 7.11 Å². The van der Waals surface area contributed by atoms with Gasteiger partial charge < -0.3 is 35.0 Å². The first-order valence-electron chi connectivity index (χ1n) is 21.8. The standard InChI is InChI=1S/C49H64N4O6Si/c1-32(2)12-10-13-33(3)23-25-52-43-22-17-38(51-47(56)36-16-11-24-50-29-36)27-42(43)49(48(52)57)34(4)46(60(6,7)41-20-18-40(58-5)19-21-41)44(59-49)28-45(55)53-30-37-15-9-8-14-35(37)26-39(53)31-54/h8-9,12,14-15,17-23,27,34,36,39,44,46,50,54H,10-11,13,16,24-26,28-31H2,1-7H3,(H,51,56)/b33-23+/t34-,36?,39-,44+,46-,49+/m0/s1. The van der Waals surface area contributed by atoms with Gasteiger partial charge in [0.15, 0.2) is 5.60 Å². The number of carbonyl (C=O) groups is 3. The molecule has 0 aliphatic carbocycles. The molecule has 3 N–H and O–H groups in total. The van der Waals surface area contributed by atoms with Crippen LogP contribution in [0.15, 0.2) is 90.0 Å². The van der Waals surface area contributed by atoms with E-state index in [0.29, 0.717) is 31.7 Å². The Balaban J connectivity index is 1.29. The zero-order chi connectivity index (χ0) is 42.8. The second-order valence-corrected chi connectivity index (χ2v) is 22.9. The van der Waals surface area contributed by atoms with Crippen LogP contribution in [0, 0.1) is 11.8 Å². The SMILES string of the molecule is COc1ccc([Si](C)(C)[C@@H]2[C@@H](CC(=O)N3Cc4ccccc4C[C@H]3CO)O[C@]3(C(=O)N(C/C=C(\C)CCC=C(C)C)c4ccc(NC(=O)C5CCCNC5)cc43)[C@H]2C)cc1. The maximum absolute atomic E-state index is 15.5. The van der Waals surface area contributed by atoms with Crippen molar-refractivity contribution in [1.82, 2.24) is 10.2 Å².